The van der Waals surface area contributed by atoms with Crippen molar-refractivity contribution in [3.8, 4) is 16.9 Å². The van der Waals surface area contributed by atoms with Gasteiger partial charge in [-0.25, -0.2) is 0 Å². The van der Waals surface area contributed by atoms with E-state index < -0.39 is 0 Å². The third-order valence-corrected chi connectivity index (χ3v) is 3.12. The number of carbonyl (C=O) groups excluding carboxylic acids is 1. The number of hydrogen-bond donors (Lipinski definition) is 1. The van der Waals surface area contributed by atoms with Crippen LogP contribution in [-0.4, -0.2) is 18.2 Å². The van der Waals surface area contributed by atoms with Crippen molar-refractivity contribution < 1.29 is 14.6 Å². The summed E-state index contributed by atoms with van der Waals surface area (Å²) in [4.78, 5) is 11.5. The fourth-order valence-electron chi connectivity index (χ4n) is 2.04. The van der Waals surface area contributed by atoms with Crippen LogP contribution in [0.5, 0.6) is 5.75 Å². The number of phenols is 1. The van der Waals surface area contributed by atoms with E-state index in [-0.39, 0.29) is 18.1 Å². The fourth-order valence-corrected chi connectivity index (χ4v) is 2.04. The summed E-state index contributed by atoms with van der Waals surface area (Å²) in [5, 5.41) is 10.2. The number of benzene rings is 2. The molecule has 98 valence electrons. The van der Waals surface area contributed by atoms with Crippen molar-refractivity contribution in [1.29, 1.82) is 0 Å². The smallest absolute Gasteiger partial charge is 0.310 e. The number of hydrogen-bond acceptors (Lipinski definition) is 3. The minimum atomic E-state index is -0.363. The van der Waals surface area contributed by atoms with Crippen molar-refractivity contribution in [3.63, 3.8) is 0 Å². The Morgan fingerprint density at radius 1 is 1.16 bits per heavy atom. The van der Waals surface area contributed by atoms with Crippen LogP contribution < -0.4 is 0 Å². The second kappa shape index (κ2) is 5.57. The zero-order valence-corrected chi connectivity index (χ0v) is 11.0. The monoisotopic (exact) mass is 256 g/mol. The summed E-state index contributed by atoms with van der Waals surface area (Å²) in [7, 11) is 1.34. The van der Waals surface area contributed by atoms with Crippen LogP contribution in [0, 0.1) is 6.92 Å². The molecule has 0 saturated carbocycles. The Kier molecular flexibility index (Phi) is 3.85. The molecular weight excluding hydrogens is 240 g/mol. The van der Waals surface area contributed by atoms with E-state index in [1.807, 2.05) is 49.4 Å². The molecule has 1 N–H and O–H groups in total. The van der Waals surface area contributed by atoms with E-state index in [4.69, 9.17) is 0 Å². The second-order valence-corrected chi connectivity index (χ2v) is 4.38. The number of aryl methyl sites for hydroxylation is 1. The number of ether oxygens (including phenoxy) is 1. The van der Waals surface area contributed by atoms with Crippen LogP contribution in [0.25, 0.3) is 11.1 Å². The highest BCUT2D eigenvalue weighted by Crippen LogP contribution is 2.33. The van der Waals surface area contributed by atoms with Gasteiger partial charge in [0, 0.05) is 5.56 Å². The van der Waals surface area contributed by atoms with Gasteiger partial charge in [0.15, 0.2) is 0 Å². The molecule has 2 rings (SSSR count). The molecule has 2 aromatic rings. The van der Waals surface area contributed by atoms with E-state index in [9.17, 15) is 9.90 Å². The van der Waals surface area contributed by atoms with Gasteiger partial charge in [0.25, 0.3) is 0 Å². The second-order valence-electron chi connectivity index (χ2n) is 4.38. The van der Waals surface area contributed by atoms with Gasteiger partial charge in [0.1, 0.15) is 5.75 Å². The summed E-state index contributed by atoms with van der Waals surface area (Å²) in [6, 6.07) is 13.4. The van der Waals surface area contributed by atoms with Crippen LogP contribution in [-0.2, 0) is 16.0 Å². The third kappa shape index (κ3) is 2.76. The van der Waals surface area contributed by atoms with Crippen LogP contribution >= 0.6 is 0 Å². The van der Waals surface area contributed by atoms with Crippen molar-refractivity contribution >= 4 is 5.97 Å². The first-order valence-corrected chi connectivity index (χ1v) is 6.07. The summed E-state index contributed by atoms with van der Waals surface area (Å²) in [5.41, 5.74) is 3.18. The van der Waals surface area contributed by atoms with E-state index in [1.165, 1.54) is 7.11 Å². The van der Waals surface area contributed by atoms with Gasteiger partial charge in [0.2, 0.25) is 0 Å². The summed E-state index contributed by atoms with van der Waals surface area (Å²) < 4.78 is 4.69. The van der Waals surface area contributed by atoms with Gasteiger partial charge >= 0.3 is 5.97 Å². The van der Waals surface area contributed by atoms with Gasteiger partial charge in [-0.05, 0) is 23.6 Å². The molecule has 0 atom stereocenters. The number of rotatable bonds is 3. The van der Waals surface area contributed by atoms with Gasteiger partial charge in [-0.3, -0.25) is 4.79 Å². The number of methoxy groups -OCH3 is 1. The molecule has 2 aromatic carbocycles. The van der Waals surface area contributed by atoms with Gasteiger partial charge in [0.05, 0.1) is 13.5 Å². The van der Waals surface area contributed by atoms with E-state index in [1.54, 1.807) is 0 Å². The number of phenolic OH excluding ortho intramolecular Hbond substituents is 1. The van der Waals surface area contributed by atoms with E-state index in [2.05, 4.69) is 4.74 Å². The first-order valence-electron chi connectivity index (χ1n) is 6.07. The molecule has 3 heteroatoms. The molecular formula is C16H16O3. The summed E-state index contributed by atoms with van der Waals surface area (Å²) >= 11 is 0. The van der Waals surface area contributed by atoms with Crippen molar-refractivity contribution in [2.75, 3.05) is 7.11 Å². The molecule has 3 nitrogen and oxygen atoms in total. The Morgan fingerprint density at radius 2 is 1.84 bits per heavy atom. The average Bonchev–Trinajstić information content (AvgIpc) is 2.45. The molecule has 0 radical (unpaired) electrons. The van der Waals surface area contributed by atoms with Crippen LogP contribution in [0.3, 0.4) is 0 Å². The largest absolute Gasteiger partial charge is 0.507 e. The highest BCUT2D eigenvalue weighted by atomic mass is 16.5. The Morgan fingerprint density at radius 3 is 2.47 bits per heavy atom. The number of aromatic hydroxyl groups is 1. The van der Waals surface area contributed by atoms with Crippen LogP contribution in [0.2, 0.25) is 0 Å². The Labute approximate surface area is 112 Å². The third-order valence-electron chi connectivity index (χ3n) is 3.12. The van der Waals surface area contributed by atoms with Crippen molar-refractivity contribution in [2.45, 2.75) is 13.3 Å². The van der Waals surface area contributed by atoms with Gasteiger partial charge in [-0.2, -0.15) is 0 Å². The van der Waals surface area contributed by atoms with E-state index in [0.717, 1.165) is 16.7 Å². The lowest BCUT2D eigenvalue weighted by Gasteiger charge is -2.13. The molecule has 0 fully saturated rings. The van der Waals surface area contributed by atoms with Crippen molar-refractivity contribution in [2.24, 2.45) is 0 Å². The predicted molar refractivity (Wildman–Crippen MR) is 74.0 cm³/mol. The van der Waals surface area contributed by atoms with Crippen molar-refractivity contribution in [3.05, 3.63) is 53.6 Å². The van der Waals surface area contributed by atoms with E-state index >= 15 is 0 Å². The zero-order chi connectivity index (χ0) is 13.8. The predicted octanol–water partition coefficient (Wildman–Crippen LogP) is 3.08. The molecule has 0 spiro atoms. The van der Waals surface area contributed by atoms with E-state index in [0.29, 0.717) is 5.56 Å². The molecule has 0 aliphatic rings. The standard InChI is InChI=1S/C16H16O3/c1-11-8-9-13(12-6-4-3-5-7-12)14(16(11)18)10-15(17)19-2/h3-9,18H,10H2,1-2H3. The lowest BCUT2D eigenvalue weighted by molar-refractivity contribution is -0.139. The molecule has 0 aliphatic carbocycles. The Balaban J connectivity index is 2.55. The summed E-state index contributed by atoms with van der Waals surface area (Å²) in [6.07, 6.45) is 0.0637. The molecule has 0 heterocycles. The maximum Gasteiger partial charge on any atom is 0.310 e. The van der Waals surface area contributed by atoms with Crippen LogP contribution in [0.15, 0.2) is 42.5 Å². The van der Waals surface area contributed by atoms with Gasteiger partial charge in [-0.15, -0.1) is 0 Å². The summed E-state index contributed by atoms with van der Waals surface area (Å²) in [5.74, 6) is -0.204. The van der Waals surface area contributed by atoms with Gasteiger partial charge in [-0.1, -0.05) is 42.5 Å². The Bertz CT molecular complexity index is 588. The molecule has 0 aliphatic heterocycles. The van der Waals surface area contributed by atoms with Crippen molar-refractivity contribution in [1.82, 2.24) is 0 Å². The SMILES string of the molecule is COC(=O)Cc1c(-c2ccccc2)ccc(C)c1O. The molecule has 0 bridgehead atoms. The highest BCUT2D eigenvalue weighted by molar-refractivity contribution is 5.80. The number of carbonyl (C=O) groups is 1. The first-order chi connectivity index (χ1) is 9.13. The molecule has 0 unspecified atom stereocenters. The molecule has 0 amide bonds. The maximum absolute atomic E-state index is 11.5. The van der Waals surface area contributed by atoms with Crippen LogP contribution in [0.4, 0.5) is 0 Å². The average molecular weight is 256 g/mol. The minimum absolute atomic E-state index is 0.0637. The highest BCUT2D eigenvalue weighted by Gasteiger charge is 2.15. The lowest BCUT2D eigenvalue weighted by atomic mass is 9.95. The summed E-state index contributed by atoms with van der Waals surface area (Å²) in [6.45, 7) is 1.81. The Hall–Kier alpha value is -2.29. The topological polar surface area (TPSA) is 46.5 Å². The zero-order valence-electron chi connectivity index (χ0n) is 11.0. The lowest BCUT2D eigenvalue weighted by Crippen LogP contribution is -2.06. The first kappa shape index (κ1) is 13.1. The fraction of sp³-hybridized carbons (Fsp3) is 0.188. The van der Waals surface area contributed by atoms with Gasteiger partial charge < -0.3 is 9.84 Å². The minimum Gasteiger partial charge on any atom is -0.507 e. The quantitative estimate of drug-likeness (QED) is 0.858. The molecule has 0 saturated heterocycles. The van der Waals surface area contributed by atoms with Crippen LogP contribution in [0.1, 0.15) is 11.1 Å². The molecule has 0 aromatic heterocycles. The normalized spacial score (nSPS) is 10.2. The number of esters is 1. The molecule has 19 heavy (non-hydrogen) atoms. The maximum atomic E-state index is 11.5.